The predicted molar refractivity (Wildman–Crippen MR) is 44.4 cm³/mol. The van der Waals surface area contributed by atoms with Crippen molar-refractivity contribution in [2.45, 2.75) is 0 Å². The first-order valence-electron chi connectivity index (χ1n) is 3.80. The first-order chi connectivity index (χ1) is 6.81. The summed E-state index contributed by atoms with van der Waals surface area (Å²) in [4.78, 5) is 0. The van der Waals surface area contributed by atoms with E-state index in [9.17, 15) is 4.39 Å². The van der Waals surface area contributed by atoms with Crippen LogP contribution in [0, 0.1) is 17.1 Å². The predicted octanol–water partition coefficient (Wildman–Crippen LogP) is 1.75. The number of benzene rings is 1. The van der Waals surface area contributed by atoms with E-state index in [4.69, 9.17) is 9.68 Å². The van der Waals surface area contributed by atoms with Gasteiger partial charge >= 0.3 is 5.89 Å². The number of nitrogens with zero attached hydrogens (tertiary/aromatic N) is 3. The number of rotatable bonds is 1. The summed E-state index contributed by atoms with van der Waals surface area (Å²) in [5, 5.41) is 15.4. The molecule has 0 atom stereocenters. The first-order valence-corrected chi connectivity index (χ1v) is 3.80. The number of aromatic nitrogens is 2. The van der Waals surface area contributed by atoms with E-state index in [0.29, 0.717) is 0 Å². The molecule has 1 aromatic heterocycles. The lowest BCUT2D eigenvalue weighted by Crippen LogP contribution is -1.82. The second-order valence-electron chi connectivity index (χ2n) is 2.50. The molecule has 0 saturated carbocycles. The third-order valence-corrected chi connectivity index (χ3v) is 1.62. The number of hydrogen-bond donors (Lipinski definition) is 0. The summed E-state index contributed by atoms with van der Waals surface area (Å²) < 4.78 is 18.1. The molecule has 0 aliphatic heterocycles. The molecule has 0 saturated heterocycles. The fraction of sp³-hybridized carbons (Fsp3) is 0. The number of halogens is 1. The summed E-state index contributed by atoms with van der Waals surface area (Å²) in [7, 11) is 0. The van der Waals surface area contributed by atoms with Crippen LogP contribution >= 0.6 is 0 Å². The summed E-state index contributed by atoms with van der Waals surface area (Å²) in [5.74, 6) is -0.622. The molecule has 0 N–H and O–H groups in total. The molecule has 2 aromatic rings. The van der Waals surface area contributed by atoms with Gasteiger partial charge in [-0.15, -0.1) is 5.10 Å². The zero-order valence-electron chi connectivity index (χ0n) is 6.94. The molecule has 0 unspecified atom stereocenters. The van der Waals surface area contributed by atoms with Gasteiger partial charge in [0, 0.05) is 0 Å². The molecule has 1 aromatic carbocycles. The van der Waals surface area contributed by atoms with E-state index in [1.54, 1.807) is 18.2 Å². The molecule has 68 valence electrons. The molecule has 14 heavy (non-hydrogen) atoms. The van der Waals surface area contributed by atoms with E-state index >= 15 is 0 Å². The lowest BCUT2D eigenvalue weighted by atomic mass is 10.2. The smallest absolute Gasteiger partial charge is 0.321 e. The quantitative estimate of drug-likeness (QED) is 0.685. The van der Waals surface area contributed by atoms with Crippen LogP contribution in [0.3, 0.4) is 0 Å². The third-order valence-electron chi connectivity index (χ3n) is 1.62. The van der Waals surface area contributed by atoms with Crippen molar-refractivity contribution in [2.24, 2.45) is 0 Å². The zero-order valence-corrected chi connectivity index (χ0v) is 6.94. The molecule has 0 bridgehead atoms. The molecule has 5 heteroatoms. The highest BCUT2D eigenvalue weighted by Gasteiger charge is 2.11. The Kier molecular flexibility index (Phi) is 1.95. The Hall–Kier alpha value is -2.22. The van der Waals surface area contributed by atoms with Gasteiger partial charge in [0.2, 0.25) is 0 Å². The van der Waals surface area contributed by atoms with E-state index in [2.05, 4.69) is 10.2 Å². The van der Waals surface area contributed by atoms with Crippen molar-refractivity contribution >= 4 is 0 Å². The molecule has 0 fully saturated rings. The van der Waals surface area contributed by atoms with Crippen molar-refractivity contribution in [3.05, 3.63) is 36.0 Å². The first kappa shape index (κ1) is 8.38. The summed E-state index contributed by atoms with van der Waals surface area (Å²) >= 11 is 0. The Bertz CT molecular complexity index is 501. The van der Waals surface area contributed by atoms with Gasteiger partial charge < -0.3 is 4.42 Å². The highest BCUT2D eigenvalue weighted by Crippen LogP contribution is 2.20. The maximum Gasteiger partial charge on any atom is 0.321 e. The minimum atomic E-state index is -0.458. The minimum absolute atomic E-state index is 0.0136. The average Bonchev–Trinajstić information content (AvgIpc) is 2.67. The molecular formula is C9H4FN3O. The van der Waals surface area contributed by atoms with Crippen LogP contribution in [0.15, 0.2) is 28.7 Å². The van der Waals surface area contributed by atoms with Gasteiger partial charge in [0.1, 0.15) is 5.82 Å². The van der Waals surface area contributed by atoms with Crippen LogP contribution in [-0.4, -0.2) is 10.2 Å². The van der Waals surface area contributed by atoms with Gasteiger partial charge in [-0.05, 0) is 12.1 Å². The maximum atomic E-state index is 13.2. The Morgan fingerprint density at radius 1 is 1.29 bits per heavy atom. The fourth-order valence-corrected chi connectivity index (χ4v) is 1.01. The standard InChI is InChI=1S/C9H4FN3O/c10-7-4-2-1-3-6(7)9-13-12-8(5-11)14-9/h1-4H. The number of hydrogen-bond acceptors (Lipinski definition) is 4. The van der Waals surface area contributed by atoms with E-state index in [-0.39, 0.29) is 17.3 Å². The van der Waals surface area contributed by atoms with Gasteiger partial charge in [-0.25, -0.2) is 4.39 Å². The molecule has 0 aliphatic rings. The van der Waals surface area contributed by atoms with E-state index in [0.717, 1.165) is 0 Å². The monoisotopic (exact) mass is 189 g/mol. The Balaban J connectivity index is 2.51. The van der Waals surface area contributed by atoms with Crippen LogP contribution in [0.2, 0.25) is 0 Å². The summed E-state index contributed by atoms with van der Waals surface area (Å²) in [6, 6.07) is 7.66. The van der Waals surface area contributed by atoms with Gasteiger partial charge in [0.15, 0.2) is 6.07 Å². The van der Waals surface area contributed by atoms with Crippen LogP contribution in [0.4, 0.5) is 4.39 Å². The van der Waals surface area contributed by atoms with Gasteiger partial charge in [-0.1, -0.05) is 17.2 Å². The van der Waals surface area contributed by atoms with Gasteiger partial charge in [0.05, 0.1) is 5.56 Å². The average molecular weight is 189 g/mol. The number of nitriles is 1. The maximum absolute atomic E-state index is 13.2. The Labute approximate surface area is 78.6 Å². The van der Waals surface area contributed by atoms with Crippen LogP contribution < -0.4 is 0 Å². The van der Waals surface area contributed by atoms with E-state index in [1.165, 1.54) is 12.1 Å². The summed E-state index contributed by atoms with van der Waals surface area (Å²) in [6.45, 7) is 0. The molecule has 0 aliphatic carbocycles. The largest absolute Gasteiger partial charge is 0.408 e. The van der Waals surface area contributed by atoms with Crippen molar-refractivity contribution < 1.29 is 8.81 Å². The molecule has 2 rings (SSSR count). The Morgan fingerprint density at radius 3 is 2.71 bits per heavy atom. The summed E-state index contributed by atoms with van der Waals surface area (Å²) in [6.07, 6.45) is 0. The SMILES string of the molecule is N#Cc1nnc(-c2ccccc2F)o1. The fourth-order valence-electron chi connectivity index (χ4n) is 1.01. The van der Waals surface area contributed by atoms with Crippen LogP contribution in [0.25, 0.3) is 11.5 Å². The van der Waals surface area contributed by atoms with Crippen molar-refractivity contribution in [3.8, 4) is 17.5 Å². The molecule has 1 heterocycles. The Morgan fingerprint density at radius 2 is 2.07 bits per heavy atom. The molecule has 0 amide bonds. The highest BCUT2D eigenvalue weighted by atomic mass is 19.1. The molecule has 4 nitrogen and oxygen atoms in total. The molecule has 0 radical (unpaired) electrons. The van der Waals surface area contributed by atoms with E-state index in [1.807, 2.05) is 0 Å². The van der Waals surface area contributed by atoms with E-state index < -0.39 is 5.82 Å². The second kappa shape index (κ2) is 3.26. The molecule has 0 spiro atoms. The summed E-state index contributed by atoms with van der Waals surface area (Å²) in [5.41, 5.74) is 0.196. The van der Waals surface area contributed by atoms with Gasteiger partial charge in [-0.3, -0.25) is 0 Å². The van der Waals surface area contributed by atoms with Crippen LogP contribution in [0.5, 0.6) is 0 Å². The van der Waals surface area contributed by atoms with Crippen molar-refractivity contribution in [3.63, 3.8) is 0 Å². The lowest BCUT2D eigenvalue weighted by molar-refractivity contribution is 0.544. The molecular weight excluding hydrogens is 185 g/mol. The van der Waals surface area contributed by atoms with Crippen LogP contribution in [0.1, 0.15) is 5.89 Å². The van der Waals surface area contributed by atoms with Crippen molar-refractivity contribution in [2.75, 3.05) is 0 Å². The minimum Gasteiger partial charge on any atom is -0.408 e. The lowest BCUT2D eigenvalue weighted by Gasteiger charge is -1.94. The van der Waals surface area contributed by atoms with Crippen molar-refractivity contribution in [1.82, 2.24) is 10.2 Å². The highest BCUT2D eigenvalue weighted by molar-refractivity contribution is 5.53. The normalized spacial score (nSPS) is 9.71. The van der Waals surface area contributed by atoms with Crippen molar-refractivity contribution in [1.29, 1.82) is 5.26 Å². The van der Waals surface area contributed by atoms with Gasteiger partial charge in [-0.2, -0.15) is 5.26 Å². The van der Waals surface area contributed by atoms with Crippen LogP contribution in [-0.2, 0) is 0 Å². The van der Waals surface area contributed by atoms with Gasteiger partial charge in [0.25, 0.3) is 5.89 Å². The second-order valence-corrected chi connectivity index (χ2v) is 2.50. The zero-order chi connectivity index (χ0) is 9.97. The topological polar surface area (TPSA) is 62.7 Å². The third kappa shape index (κ3) is 1.33.